The highest BCUT2D eigenvalue weighted by Gasteiger charge is 1.91. The predicted molar refractivity (Wildman–Crippen MR) is 54.3 cm³/mol. The van der Waals surface area contributed by atoms with Crippen molar-refractivity contribution in [1.82, 2.24) is 0 Å². The molecule has 1 aromatic carbocycles. The van der Waals surface area contributed by atoms with Crippen molar-refractivity contribution in [3.05, 3.63) is 36.8 Å². The van der Waals surface area contributed by atoms with Crippen molar-refractivity contribution in [2.45, 2.75) is 19.8 Å². The first-order valence-electron chi connectivity index (χ1n) is 4.49. The van der Waals surface area contributed by atoms with Crippen LogP contribution in [0.2, 0.25) is 0 Å². The number of hydrogen-bond acceptors (Lipinski definition) is 1. The molecule has 0 saturated heterocycles. The van der Waals surface area contributed by atoms with Gasteiger partial charge >= 0.3 is 0 Å². The van der Waals surface area contributed by atoms with E-state index in [9.17, 15) is 0 Å². The molecule has 1 aromatic rings. The van der Waals surface area contributed by atoms with Crippen molar-refractivity contribution in [2.24, 2.45) is 0 Å². The summed E-state index contributed by atoms with van der Waals surface area (Å²) in [5.41, 5.74) is 2.57. The molecule has 0 atom stereocenters. The maximum Gasteiger partial charge on any atom is 0.0340 e. The van der Waals surface area contributed by atoms with Gasteiger partial charge in [0.25, 0.3) is 0 Å². The van der Waals surface area contributed by atoms with E-state index < -0.39 is 0 Å². The molecular formula is C11H16N. The van der Waals surface area contributed by atoms with Gasteiger partial charge in [-0.05, 0) is 37.5 Å². The fourth-order valence-corrected chi connectivity index (χ4v) is 1.20. The van der Waals surface area contributed by atoms with Crippen LogP contribution in [0.1, 0.15) is 18.9 Å². The van der Waals surface area contributed by atoms with E-state index in [2.05, 4.69) is 43.4 Å². The summed E-state index contributed by atoms with van der Waals surface area (Å²) in [7, 11) is 0. The van der Waals surface area contributed by atoms with Crippen LogP contribution >= 0.6 is 0 Å². The SMILES string of the molecule is [CH2]CCc1ccc(NCC)cc1. The Balaban J connectivity index is 2.58. The summed E-state index contributed by atoms with van der Waals surface area (Å²) in [6.07, 6.45) is 2.05. The lowest BCUT2D eigenvalue weighted by Gasteiger charge is -2.03. The Kier molecular flexibility index (Phi) is 3.65. The van der Waals surface area contributed by atoms with Crippen LogP contribution in [0.5, 0.6) is 0 Å². The zero-order valence-electron chi connectivity index (χ0n) is 7.64. The molecule has 0 unspecified atom stereocenters. The molecule has 1 radical (unpaired) electrons. The Morgan fingerprint density at radius 3 is 2.42 bits per heavy atom. The largest absolute Gasteiger partial charge is 0.385 e. The quantitative estimate of drug-likeness (QED) is 0.717. The summed E-state index contributed by atoms with van der Waals surface area (Å²) in [6, 6.07) is 8.55. The Bertz CT molecular complexity index is 188. The zero-order valence-corrected chi connectivity index (χ0v) is 7.64. The molecule has 0 aromatic heterocycles. The van der Waals surface area contributed by atoms with Crippen LogP contribution in [-0.2, 0) is 6.42 Å². The van der Waals surface area contributed by atoms with Crippen molar-refractivity contribution >= 4 is 5.69 Å². The highest BCUT2D eigenvalue weighted by molar-refractivity contribution is 5.44. The van der Waals surface area contributed by atoms with E-state index in [-0.39, 0.29) is 0 Å². The fourth-order valence-electron chi connectivity index (χ4n) is 1.20. The highest BCUT2D eigenvalue weighted by Crippen LogP contribution is 2.10. The summed E-state index contributed by atoms with van der Waals surface area (Å²) < 4.78 is 0. The molecule has 1 nitrogen and oxygen atoms in total. The normalized spacial score (nSPS) is 9.83. The van der Waals surface area contributed by atoms with Crippen LogP contribution in [0.15, 0.2) is 24.3 Å². The second kappa shape index (κ2) is 4.81. The van der Waals surface area contributed by atoms with Crippen molar-refractivity contribution in [2.75, 3.05) is 11.9 Å². The smallest absolute Gasteiger partial charge is 0.0340 e. The zero-order chi connectivity index (χ0) is 8.81. The van der Waals surface area contributed by atoms with Crippen LogP contribution < -0.4 is 5.32 Å². The first kappa shape index (κ1) is 9.11. The maximum absolute atomic E-state index is 3.82. The highest BCUT2D eigenvalue weighted by atomic mass is 14.8. The number of nitrogens with one attached hydrogen (secondary N) is 1. The van der Waals surface area contributed by atoms with Crippen molar-refractivity contribution in [1.29, 1.82) is 0 Å². The van der Waals surface area contributed by atoms with E-state index >= 15 is 0 Å². The average Bonchev–Trinajstić information content (AvgIpc) is 2.09. The molecule has 0 fully saturated rings. The van der Waals surface area contributed by atoms with Crippen molar-refractivity contribution < 1.29 is 0 Å². The van der Waals surface area contributed by atoms with Gasteiger partial charge in [-0.25, -0.2) is 0 Å². The summed E-state index contributed by atoms with van der Waals surface area (Å²) in [4.78, 5) is 0. The maximum atomic E-state index is 3.82. The molecule has 65 valence electrons. The molecule has 12 heavy (non-hydrogen) atoms. The standard InChI is InChI=1S/C11H16N/c1-3-5-10-6-8-11(9-7-10)12-4-2/h6-9,12H,1,3-5H2,2H3. The van der Waals surface area contributed by atoms with E-state index in [4.69, 9.17) is 0 Å². The van der Waals surface area contributed by atoms with Gasteiger partial charge in [-0.15, -0.1) is 0 Å². The average molecular weight is 162 g/mol. The molecule has 0 amide bonds. The Labute approximate surface area is 74.8 Å². The van der Waals surface area contributed by atoms with Gasteiger partial charge in [0.15, 0.2) is 0 Å². The first-order valence-corrected chi connectivity index (χ1v) is 4.49. The minimum absolute atomic E-state index is 0.973. The van der Waals surface area contributed by atoms with Gasteiger partial charge in [-0.2, -0.15) is 0 Å². The van der Waals surface area contributed by atoms with Crippen LogP contribution in [-0.4, -0.2) is 6.54 Å². The minimum atomic E-state index is 0.973. The molecule has 0 aliphatic carbocycles. The van der Waals surface area contributed by atoms with Gasteiger partial charge in [0, 0.05) is 12.2 Å². The summed E-state index contributed by atoms with van der Waals surface area (Å²) in [6.45, 7) is 6.91. The topological polar surface area (TPSA) is 12.0 Å². The Morgan fingerprint density at radius 2 is 1.92 bits per heavy atom. The molecule has 1 N–H and O–H groups in total. The predicted octanol–water partition coefficient (Wildman–Crippen LogP) is 2.89. The summed E-state index contributed by atoms with van der Waals surface area (Å²) in [5.74, 6) is 0. The van der Waals surface area contributed by atoms with E-state index in [1.807, 2.05) is 0 Å². The van der Waals surface area contributed by atoms with Crippen LogP contribution in [0, 0.1) is 6.92 Å². The van der Waals surface area contributed by atoms with E-state index in [1.165, 1.54) is 11.3 Å². The summed E-state index contributed by atoms with van der Waals surface area (Å²) >= 11 is 0. The van der Waals surface area contributed by atoms with Gasteiger partial charge in [0.2, 0.25) is 0 Å². The summed E-state index contributed by atoms with van der Waals surface area (Å²) in [5, 5.41) is 3.26. The molecule has 1 heteroatoms. The third kappa shape index (κ3) is 2.57. The van der Waals surface area contributed by atoms with Crippen LogP contribution in [0.25, 0.3) is 0 Å². The molecule has 1 rings (SSSR count). The number of rotatable bonds is 4. The molecule has 0 bridgehead atoms. The van der Waals surface area contributed by atoms with Gasteiger partial charge in [0.1, 0.15) is 0 Å². The second-order valence-electron chi connectivity index (χ2n) is 2.83. The lowest BCUT2D eigenvalue weighted by atomic mass is 10.1. The number of anilines is 1. The van der Waals surface area contributed by atoms with Gasteiger partial charge in [-0.1, -0.05) is 19.1 Å². The van der Waals surface area contributed by atoms with E-state index in [1.54, 1.807) is 0 Å². The Morgan fingerprint density at radius 1 is 1.25 bits per heavy atom. The first-order chi connectivity index (χ1) is 5.86. The fraction of sp³-hybridized carbons (Fsp3) is 0.364. The third-order valence-corrected chi connectivity index (χ3v) is 1.80. The minimum Gasteiger partial charge on any atom is -0.385 e. The third-order valence-electron chi connectivity index (χ3n) is 1.80. The molecule has 0 saturated carbocycles. The van der Waals surface area contributed by atoms with Gasteiger partial charge in [-0.3, -0.25) is 0 Å². The molecular weight excluding hydrogens is 146 g/mol. The molecule has 0 heterocycles. The monoisotopic (exact) mass is 162 g/mol. The second-order valence-corrected chi connectivity index (χ2v) is 2.83. The van der Waals surface area contributed by atoms with Gasteiger partial charge in [0.05, 0.1) is 0 Å². The lowest BCUT2D eigenvalue weighted by Crippen LogP contribution is -1.95. The Hall–Kier alpha value is -0.980. The number of hydrogen-bond donors (Lipinski definition) is 1. The van der Waals surface area contributed by atoms with Crippen molar-refractivity contribution in [3.8, 4) is 0 Å². The molecule has 0 aliphatic rings. The van der Waals surface area contributed by atoms with Crippen molar-refractivity contribution in [3.63, 3.8) is 0 Å². The van der Waals surface area contributed by atoms with Crippen LogP contribution in [0.4, 0.5) is 5.69 Å². The van der Waals surface area contributed by atoms with Gasteiger partial charge < -0.3 is 5.32 Å². The molecule has 0 spiro atoms. The lowest BCUT2D eigenvalue weighted by molar-refractivity contribution is 0.999. The number of aryl methyl sites for hydroxylation is 1. The van der Waals surface area contributed by atoms with E-state index in [0.29, 0.717) is 0 Å². The molecule has 0 aliphatic heterocycles. The number of benzene rings is 1. The van der Waals surface area contributed by atoms with Crippen LogP contribution in [0.3, 0.4) is 0 Å². The van der Waals surface area contributed by atoms with E-state index in [0.717, 1.165) is 19.4 Å².